The molecular weight excluding hydrogens is 218 g/mol. The predicted octanol–water partition coefficient (Wildman–Crippen LogP) is 1.51. The van der Waals surface area contributed by atoms with Gasteiger partial charge in [-0.05, 0) is 17.7 Å². The van der Waals surface area contributed by atoms with Gasteiger partial charge in [-0.15, -0.1) is 6.58 Å². The van der Waals surface area contributed by atoms with Gasteiger partial charge in [0.1, 0.15) is 12.4 Å². The molecule has 4 heteroatoms. The van der Waals surface area contributed by atoms with Crippen LogP contribution in [0.1, 0.15) is 5.56 Å². The monoisotopic (exact) mass is 235 g/mol. The number of methoxy groups -OCH3 is 1. The number of hydrogen-bond acceptors (Lipinski definition) is 4. The number of hydrogen-bond donors (Lipinski definition) is 1. The lowest BCUT2D eigenvalue weighted by Gasteiger charge is -2.06. The Labute approximate surface area is 101 Å². The molecule has 0 radical (unpaired) electrons. The smallest absolute Gasteiger partial charge is 0.320 e. The average Bonchev–Trinajstić information content (AvgIpc) is 2.37. The topological polar surface area (TPSA) is 47.6 Å². The minimum Gasteiger partial charge on any atom is -0.497 e. The molecule has 0 aliphatic carbocycles. The van der Waals surface area contributed by atoms with E-state index in [-0.39, 0.29) is 19.1 Å². The first kappa shape index (κ1) is 13.3. The van der Waals surface area contributed by atoms with Crippen molar-refractivity contribution in [2.45, 2.75) is 6.61 Å². The lowest BCUT2D eigenvalue weighted by molar-refractivity contribution is -0.143. The molecule has 0 bridgehead atoms. The number of nitrogens with one attached hydrogen (secondary N) is 1. The molecule has 0 heterocycles. The number of rotatable bonds is 7. The average molecular weight is 235 g/mol. The minimum atomic E-state index is -0.283. The quantitative estimate of drug-likeness (QED) is 0.442. The number of ether oxygens (including phenoxy) is 2. The minimum absolute atomic E-state index is 0.190. The summed E-state index contributed by atoms with van der Waals surface area (Å²) in [6, 6.07) is 7.42. The normalized spacial score (nSPS) is 9.71. The molecule has 0 aromatic heterocycles. The standard InChI is InChI=1S/C13H17NO3/c1-3-7-14-9-13(15)17-10-11-5-4-6-12(8-11)16-2/h3-6,8,14H,1,7,9-10H2,2H3. The zero-order valence-electron chi connectivity index (χ0n) is 9.94. The van der Waals surface area contributed by atoms with E-state index in [1.165, 1.54) is 0 Å². The molecule has 92 valence electrons. The van der Waals surface area contributed by atoms with Crippen molar-refractivity contribution in [3.05, 3.63) is 42.5 Å². The summed E-state index contributed by atoms with van der Waals surface area (Å²) in [6.07, 6.45) is 1.69. The Morgan fingerprint density at radius 3 is 3.06 bits per heavy atom. The van der Waals surface area contributed by atoms with E-state index in [4.69, 9.17) is 9.47 Å². The molecule has 1 aromatic carbocycles. The van der Waals surface area contributed by atoms with Crippen LogP contribution in [-0.2, 0) is 16.1 Å². The molecule has 1 N–H and O–H groups in total. The molecular formula is C13H17NO3. The Hall–Kier alpha value is -1.81. The highest BCUT2D eigenvalue weighted by Gasteiger charge is 2.02. The molecule has 0 amide bonds. The van der Waals surface area contributed by atoms with Gasteiger partial charge in [-0.3, -0.25) is 4.79 Å². The van der Waals surface area contributed by atoms with Gasteiger partial charge in [-0.1, -0.05) is 18.2 Å². The van der Waals surface area contributed by atoms with Gasteiger partial charge in [0.05, 0.1) is 13.7 Å². The zero-order chi connectivity index (χ0) is 12.5. The van der Waals surface area contributed by atoms with E-state index in [9.17, 15) is 4.79 Å². The Morgan fingerprint density at radius 1 is 1.53 bits per heavy atom. The number of carbonyl (C=O) groups is 1. The molecule has 17 heavy (non-hydrogen) atoms. The highest BCUT2D eigenvalue weighted by atomic mass is 16.5. The van der Waals surface area contributed by atoms with Crippen LogP contribution in [0.25, 0.3) is 0 Å². The fourth-order valence-corrected chi connectivity index (χ4v) is 1.25. The van der Waals surface area contributed by atoms with Crippen molar-refractivity contribution in [2.24, 2.45) is 0 Å². The van der Waals surface area contributed by atoms with Gasteiger partial charge < -0.3 is 14.8 Å². The van der Waals surface area contributed by atoms with E-state index in [1.54, 1.807) is 13.2 Å². The van der Waals surface area contributed by atoms with Crippen molar-refractivity contribution >= 4 is 5.97 Å². The van der Waals surface area contributed by atoms with E-state index < -0.39 is 0 Å². The van der Waals surface area contributed by atoms with Crippen LogP contribution in [0, 0.1) is 0 Å². The van der Waals surface area contributed by atoms with Crippen LogP contribution in [0.2, 0.25) is 0 Å². The Balaban J connectivity index is 2.33. The summed E-state index contributed by atoms with van der Waals surface area (Å²) in [6.45, 7) is 4.58. The second-order valence-electron chi connectivity index (χ2n) is 3.43. The lowest BCUT2D eigenvalue weighted by atomic mass is 10.2. The fourth-order valence-electron chi connectivity index (χ4n) is 1.25. The van der Waals surface area contributed by atoms with Gasteiger partial charge in [-0.2, -0.15) is 0 Å². The van der Waals surface area contributed by atoms with Crippen molar-refractivity contribution in [1.29, 1.82) is 0 Å². The highest BCUT2D eigenvalue weighted by molar-refractivity contribution is 5.71. The molecule has 0 saturated carbocycles. The molecule has 0 spiro atoms. The van der Waals surface area contributed by atoms with Crippen LogP contribution >= 0.6 is 0 Å². The van der Waals surface area contributed by atoms with Crippen LogP contribution in [0.15, 0.2) is 36.9 Å². The summed E-state index contributed by atoms with van der Waals surface area (Å²) >= 11 is 0. The molecule has 1 aromatic rings. The number of carbonyl (C=O) groups excluding carboxylic acids is 1. The van der Waals surface area contributed by atoms with E-state index in [0.29, 0.717) is 6.54 Å². The second kappa shape index (κ2) is 7.46. The molecule has 0 atom stereocenters. The first-order valence-corrected chi connectivity index (χ1v) is 5.36. The molecule has 0 unspecified atom stereocenters. The summed E-state index contributed by atoms with van der Waals surface area (Å²) in [4.78, 5) is 11.3. The Kier molecular flexibility index (Phi) is 5.82. The summed E-state index contributed by atoms with van der Waals surface area (Å²) in [7, 11) is 1.60. The first-order chi connectivity index (χ1) is 8.26. The molecule has 1 rings (SSSR count). The van der Waals surface area contributed by atoms with E-state index in [2.05, 4.69) is 11.9 Å². The largest absolute Gasteiger partial charge is 0.497 e. The van der Waals surface area contributed by atoms with Gasteiger partial charge in [0.2, 0.25) is 0 Å². The van der Waals surface area contributed by atoms with Crippen molar-refractivity contribution in [3.63, 3.8) is 0 Å². The Morgan fingerprint density at radius 2 is 2.35 bits per heavy atom. The lowest BCUT2D eigenvalue weighted by Crippen LogP contribution is -2.24. The highest BCUT2D eigenvalue weighted by Crippen LogP contribution is 2.13. The van der Waals surface area contributed by atoms with Crippen LogP contribution in [0.3, 0.4) is 0 Å². The summed E-state index contributed by atoms with van der Waals surface area (Å²) < 4.78 is 10.2. The maximum Gasteiger partial charge on any atom is 0.320 e. The molecule has 0 aliphatic rings. The maximum absolute atomic E-state index is 11.3. The van der Waals surface area contributed by atoms with Crippen molar-refractivity contribution < 1.29 is 14.3 Å². The van der Waals surface area contributed by atoms with Crippen molar-refractivity contribution in [2.75, 3.05) is 20.2 Å². The van der Waals surface area contributed by atoms with Gasteiger partial charge in [0, 0.05) is 6.54 Å². The maximum atomic E-state index is 11.3. The Bertz CT molecular complexity index is 377. The van der Waals surface area contributed by atoms with Crippen molar-refractivity contribution in [3.8, 4) is 5.75 Å². The van der Waals surface area contributed by atoms with E-state index in [0.717, 1.165) is 11.3 Å². The predicted molar refractivity (Wildman–Crippen MR) is 65.9 cm³/mol. The van der Waals surface area contributed by atoms with E-state index in [1.807, 2.05) is 24.3 Å². The summed E-state index contributed by atoms with van der Waals surface area (Å²) in [5.41, 5.74) is 0.904. The zero-order valence-corrected chi connectivity index (χ0v) is 9.94. The van der Waals surface area contributed by atoms with Gasteiger partial charge in [0.15, 0.2) is 0 Å². The summed E-state index contributed by atoms with van der Waals surface area (Å²) in [5.74, 6) is 0.470. The third kappa shape index (κ3) is 5.17. The third-order valence-corrected chi connectivity index (χ3v) is 2.09. The van der Waals surface area contributed by atoms with E-state index >= 15 is 0 Å². The molecule has 4 nitrogen and oxygen atoms in total. The molecule has 0 fully saturated rings. The molecule has 0 aliphatic heterocycles. The number of benzene rings is 1. The fraction of sp³-hybridized carbons (Fsp3) is 0.308. The van der Waals surface area contributed by atoms with Crippen LogP contribution < -0.4 is 10.1 Å². The SMILES string of the molecule is C=CCNCC(=O)OCc1cccc(OC)c1. The van der Waals surface area contributed by atoms with Crippen LogP contribution in [0.5, 0.6) is 5.75 Å². The van der Waals surface area contributed by atoms with Crippen LogP contribution in [0.4, 0.5) is 0 Å². The number of esters is 1. The van der Waals surface area contributed by atoms with Gasteiger partial charge in [-0.25, -0.2) is 0 Å². The van der Waals surface area contributed by atoms with Crippen molar-refractivity contribution in [1.82, 2.24) is 5.32 Å². The summed E-state index contributed by atoms with van der Waals surface area (Å²) in [5, 5.41) is 2.88. The van der Waals surface area contributed by atoms with Gasteiger partial charge >= 0.3 is 5.97 Å². The second-order valence-corrected chi connectivity index (χ2v) is 3.43. The molecule has 0 saturated heterocycles. The first-order valence-electron chi connectivity index (χ1n) is 5.36. The third-order valence-electron chi connectivity index (χ3n) is 2.09. The van der Waals surface area contributed by atoms with Crippen LogP contribution in [-0.4, -0.2) is 26.2 Å². The van der Waals surface area contributed by atoms with Gasteiger partial charge in [0.25, 0.3) is 0 Å².